The minimum atomic E-state index is -4.32. The van der Waals surface area contributed by atoms with Gasteiger partial charge in [-0.15, -0.1) is 0 Å². The largest absolute Gasteiger partial charge is 0.481 e. The molecule has 1 unspecified atom stereocenters. The van der Waals surface area contributed by atoms with Gasteiger partial charge < -0.3 is 25.5 Å². The predicted octanol–water partition coefficient (Wildman–Crippen LogP) is -0.656. The van der Waals surface area contributed by atoms with Crippen molar-refractivity contribution in [1.29, 1.82) is 0 Å². The average molecular weight is 443 g/mol. The zero-order valence-corrected chi connectivity index (χ0v) is 16.1. The van der Waals surface area contributed by atoms with Crippen molar-refractivity contribution in [3.8, 4) is 5.88 Å². The third-order valence-corrected chi connectivity index (χ3v) is 5.43. The summed E-state index contributed by atoms with van der Waals surface area (Å²) in [4.78, 5) is 32.9. The van der Waals surface area contributed by atoms with Crippen LogP contribution >= 0.6 is 0 Å². The van der Waals surface area contributed by atoms with Crippen LogP contribution in [0.5, 0.6) is 5.88 Å². The molecule has 0 fully saturated rings. The van der Waals surface area contributed by atoms with Crippen LogP contribution in [0.4, 0.5) is 0 Å². The van der Waals surface area contributed by atoms with Crippen molar-refractivity contribution in [2.75, 3.05) is 6.61 Å². The second kappa shape index (κ2) is 9.69. The van der Waals surface area contributed by atoms with Crippen LogP contribution in [0.1, 0.15) is 19.3 Å². The van der Waals surface area contributed by atoms with Crippen LogP contribution in [0.15, 0.2) is 44.9 Å². The van der Waals surface area contributed by atoms with Crippen LogP contribution in [0.25, 0.3) is 0 Å². The van der Waals surface area contributed by atoms with Gasteiger partial charge in [-0.25, -0.2) is 13.2 Å². The van der Waals surface area contributed by atoms with E-state index in [1.165, 1.54) is 24.3 Å². The first kappa shape index (κ1) is 22.6. The van der Waals surface area contributed by atoms with Gasteiger partial charge in [-0.05, 0) is 23.5 Å². The molecule has 30 heavy (non-hydrogen) atoms. The van der Waals surface area contributed by atoms with Crippen LogP contribution in [0.3, 0.4) is 0 Å². The molecule has 13 nitrogen and oxygen atoms in total. The first-order valence-corrected chi connectivity index (χ1v) is 9.88. The van der Waals surface area contributed by atoms with Crippen molar-refractivity contribution in [2.45, 2.75) is 35.2 Å². The summed E-state index contributed by atoms with van der Waals surface area (Å²) in [5.41, 5.74) is 0. The maximum absolute atomic E-state index is 12.6. The van der Waals surface area contributed by atoms with Crippen LogP contribution in [0, 0.1) is 5.21 Å². The Balaban J connectivity index is 2.01. The zero-order valence-electron chi connectivity index (χ0n) is 15.3. The lowest BCUT2D eigenvalue weighted by Gasteiger charge is -2.13. The highest BCUT2D eigenvalue weighted by molar-refractivity contribution is 7.91. The average Bonchev–Trinajstić information content (AvgIpc) is 3.06. The Kier molecular flexibility index (Phi) is 7.30. The number of aromatic nitrogens is 2. The minimum absolute atomic E-state index is 0.205. The number of ether oxygens (including phenoxy) is 1. The highest BCUT2D eigenvalue weighted by atomic mass is 32.2. The molecule has 1 aromatic carbocycles. The van der Waals surface area contributed by atoms with Crippen molar-refractivity contribution in [3.63, 3.8) is 0 Å². The maximum Gasteiger partial charge on any atom is 0.414 e. The van der Waals surface area contributed by atoms with Gasteiger partial charge in [0.25, 0.3) is 9.84 Å². The van der Waals surface area contributed by atoms with Crippen LogP contribution in [0.2, 0.25) is 0 Å². The Morgan fingerprint density at radius 1 is 1.20 bits per heavy atom. The van der Waals surface area contributed by atoms with Gasteiger partial charge in [0.05, 0.1) is 16.5 Å². The molecule has 0 aliphatic heterocycles. The second-order valence-electron chi connectivity index (χ2n) is 5.85. The van der Waals surface area contributed by atoms with Crippen molar-refractivity contribution in [1.82, 2.24) is 10.5 Å². The van der Waals surface area contributed by atoms with Crippen LogP contribution in [-0.2, 0) is 24.2 Å². The summed E-state index contributed by atoms with van der Waals surface area (Å²) in [5, 5.41) is 33.8. The number of aliphatic carboxylic acids is 2. The molecule has 1 atom stereocenters. The van der Waals surface area contributed by atoms with Crippen LogP contribution < -0.4 is 15.0 Å². The molecule has 0 aliphatic rings. The number of sulfone groups is 1. The molecule has 0 saturated heterocycles. The summed E-state index contributed by atoms with van der Waals surface area (Å²) in [6, 6.07) is 5.56. The number of hydrogen-bond donors (Lipinski definition) is 3. The molecule has 14 heteroatoms. The van der Waals surface area contributed by atoms with Gasteiger partial charge in [-0.1, -0.05) is 18.2 Å². The molecule has 2 aromatic rings. The number of carboxylic acid groups (broad SMARTS) is 2. The summed E-state index contributed by atoms with van der Waals surface area (Å²) in [6.07, 6.45) is -1.21. The number of benzene rings is 1. The van der Waals surface area contributed by atoms with Gasteiger partial charge in [0, 0.05) is 6.42 Å². The maximum atomic E-state index is 12.6. The zero-order chi connectivity index (χ0) is 22.3. The topological polar surface area (TPSA) is 200 Å². The van der Waals surface area contributed by atoms with Crippen molar-refractivity contribution in [3.05, 3.63) is 35.5 Å². The Morgan fingerprint density at radius 3 is 2.47 bits per heavy atom. The van der Waals surface area contributed by atoms with E-state index in [-0.39, 0.29) is 16.2 Å². The summed E-state index contributed by atoms with van der Waals surface area (Å²) in [7, 11) is -4.32. The van der Waals surface area contributed by atoms with Crippen molar-refractivity contribution < 1.29 is 47.3 Å². The first-order chi connectivity index (χ1) is 14.1. The van der Waals surface area contributed by atoms with E-state index in [1.54, 1.807) is 6.07 Å². The molecular weight excluding hydrogens is 426 g/mol. The Labute approximate surface area is 169 Å². The molecule has 0 saturated carbocycles. The molecule has 0 spiro atoms. The second-order valence-corrected chi connectivity index (χ2v) is 7.71. The Morgan fingerprint density at radius 2 is 1.87 bits per heavy atom. The summed E-state index contributed by atoms with van der Waals surface area (Å²) >= 11 is 0. The van der Waals surface area contributed by atoms with E-state index >= 15 is 0 Å². The smallest absolute Gasteiger partial charge is 0.414 e. The molecular formula is C16H17N3O10S. The van der Waals surface area contributed by atoms with Crippen molar-refractivity contribution >= 4 is 27.7 Å². The van der Waals surface area contributed by atoms with E-state index < -0.39 is 64.1 Å². The quantitative estimate of drug-likeness (QED) is 0.372. The molecule has 162 valence electrons. The molecule has 2 rings (SSSR count). The fraction of sp³-hybridized carbons (Fsp3) is 0.312. The third-order valence-electron chi connectivity index (χ3n) is 3.70. The molecule has 1 heterocycles. The van der Waals surface area contributed by atoms with E-state index in [0.29, 0.717) is 0 Å². The molecule has 0 radical (unpaired) electrons. The van der Waals surface area contributed by atoms with Crippen LogP contribution in [-0.4, -0.2) is 54.3 Å². The molecule has 0 bridgehead atoms. The third kappa shape index (κ3) is 5.66. The molecule has 1 aromatic heterocycles. The number of carboxylic acids is 2. The van der Waals surface area contributed by atoms with E-state index in [2.05, 4.69) is 15.1 Å². The van der Waals surface area contributed by atoms with E-state index in [9.17, 15) is 28.0 Å². The summed E-state index contributed by atoms with van der Waals surface area (Å²) < 4.78 is 34.5. The lowest BCUT2D eigenvalue weighted by molar-refractivity contribution is -0.832. The standard InChI is InChI=1S/C16H17N3O10S/c20-12(17-11(16(23)24)6-7-13(21)22)8-9-28-14-15(19(25)29-18-14)30(26,27)10-4-2-1-3-5-10/h1-5,11H,6-9H2,(H,17,20)(H,21,22)(H,23,24). The van der Waals surface area contributed by atoms with Gasteiger partial charge in [0.1, 0.15) is 12.6 Å². The van der Waals surface area contributed by atoms with Gasteiger partial charge in [0.2, 0.25) is 5.91 Å². The predicted molar refractivity (Wildman–Crippen MR) is 93.9 cm³/mol. The van der Waals surface area contributed by atoms with E-state index in [1.807, 2.05) is 0 Å². The fourth-order valence-electron chi connectivity index (χ4n) is 2.27. The molecule has 1 amide bonds. The Bertz CT molecular complexity index is 1020. The number of carbonyl (C=O) groups is 3. The monoisotopic (exact) mass is 443 g/mol. The first-order valence-electron chi connectivity index (χ1n) is 8.39. The van der Waals surface area contributed by atoms with E-state index in [0.717, 1.165) is 0 Å². The Hall–Kier alpha value is -3.68. The SMILES string of the molecule is O=C(O)CCC(NC(=O)CCOc1no[n+]([O-])c1S(=O)(=O)c1ccccc1)C(=O)O. The number of nitrogens with one attached hydrogen (secondary N) is 1. The van der Waals surface area contributed by atoms with Gasteiger partial charge in [0.15, 0.2) is 0 Å². The molecule has 0 aliphatic carbocycles. The fourth-order valence-corrected chi connectivity index (χ4v) is 3.57. The van der Waals surface area contributed by atoms with Gasteiger partial charge >= 0.3 is 22.8 Å². The number of rotatable bonds is 11. The lowest BCUT2D eigenvalue weighted by Crippen LogP contribution is -2.41. The number of amides is 1. The summed E-state index contributed by atoms with van der Waals surface area (Å²) in [6.45, 7) is -0.457. The molecule has 3 N–H and O–H groups in total. The minimum Gasteiger partial charge on any atom is -0.481 e. The van der Waals surface area contributed by atoms with Crippen molar-refractivity contribution in [2.24, 2.45) is 0 Å². The highest BCUT2D eigenvalue weighted by Gasteiger charge is 2.35. The highest BCUT2D eigenvalue weighted by Crippen LogP contribution is 2.24. The summed E-state index contributed by atoms with van der Waals surface area (Å²) in [5.74, 6) is -4.09. The normalized spacial score (nSPS) is 12.1. The number of nitrogens with zero attached hydrogens (tertiary/aromatic N) is 2. The van der Waals surface area contributed by atoms with Gasteiger partial charge in [-0.2, -0.15) is 0 Å². The number of hydrogen-bond acceptors (Lipinski definition) is 9. The number of carbonyl (C=O) groups excluding carboxylic acids is 1. The van der Waals surface area contributed by atoms with E-state index in [4.69, 9.17) is 14.9 Å². The van der Waals surface area contributed by atoms with Gasteiger partial charge in [-0.3, -0.25) is 14.2 Å². The lowest BCUT2D eigenvalue weighted by atomic mass is 10.1.